The molecule has 2 rings (SSSR count). The highest BCUT2D eigenvalue weighted by Gasteiger charge is 2.45. The topological polar surface area (TPSA) is 125 Å². The fourth-order valence-corrected chi connectivity index (χ4v) is 2.72. The van der Waals surface area contributed by atoms with Gasteiger partial charge in [-0.2, -0.15) is 0 Å². The average molecular weight is 360 g/mol. The number of nitrogens with two attached hydrogens (primary N) is 1. The lowest BCUT2D eigenvalue weighted by Crippen LogP contribution is -2.63. The van der Waals surface area contributed by atoms with E-state index in [1.54, 1.807) is 19.1 Å². The summed E-state index contributed by atoms with van der Waals surface area (Å²) in [5.41, 5.74) is 5.76. The van der Waals surface area contributed by atoms with E-state index in [1.165, 1.54) is 18.2 Å². The second kappa shape index (κ2) is 8.28. The lowest BCUT2D eigenvalue weighted by atomic mass is 9.82. The molecule has 3 N–H and O–H groups in total. The first kappa shape index (κ1) is 19.2. The Labute approximate surface area is 150 Å². The Morgan fingerprint density at radius 2 is 2.04 bits per heavy atom. The summed E-state index contributed by atoms with van der Waals surface area (Å²) in [5.74, 6) is -1.86. The van der Waals surface area contributed by atoms with Gasteiger partial charge in [-0.3, -0.25) is 14.4 Å². The molecule has 1 aromatic carbocycles. The Balaban J connectivity index is 1.98. The predicted molar refractivity (Wildman–Crippen MR) is 91.4 cm³/mol. The Kier molecular flexibility index (Phi) is 6.11. The van der Waals surface area contributed by atoms with Gasteiger partial charge in [-0.15, -0.1) is 0 Å². The molecule has 8 nitrogen and oxygen atoms in total. The fourth-order valence-electron chi connectivity index (χ4n) is 2.72. The molecule has 0 aliphatic carbocycles. The minimum Gasteiger partial charge on any atom is -0.430 e. The van der Waals surface area contributed by atoms with Gasteiger partial charge in [0, 0.05) is 17.5 Å². The molecule has 0 bridgehead atoms. The normalized spacial score (nSPS) is 19.5. The van der Waals surface area contributed by atoms with E-state index in [9.17, 15) is 19.2 Å². The number of ketones is 1. The van der Waals surface area contributed by atoms with Gasteiger partial charge in [0.25, 0.3) is 0 Å². The number of hydrogen-bond acceptors (Lipinski definition) is 6. The lowest BCUT2D eigenvalue weighted by Gasteiger charge is -2.39. The van der Waals surface area contributed by atoms with Crippen LogP contribution in [0, 0.1) is 5.92 Å². The van der Waals surface area contributed by atoms with Crippen LogP contribution < -0.4 is 11.1 Å². The van der Waals surface area contributed by atoms with Crippen molar-refractivity contribution in [1.82, 2.24) is 5.32 Å². The van der Waals surface area contributed by atoms with E-state index >= 15 is 0 Å². The van der Waals surface area contributed by atoms with Crippen LogP contribution >= 0.6 is 0 Å². The second-order valence-electron chi connectivity index (χ2n) is 5.89. The van der Waals surface area contributed by atoms with Gasteiger partial charge in [0.2, 0.25) is 11.8 Å². The molecule has 1 fully saturated rings. The molecule has 0 saturated carbocycles. The molecule has 0 radical (unpaired) electrons. The van der Waals surface area contributed by atoms with Gasteiger partial charge >= 0.3 is 6.16 Å². The summed E-state index contributed by atoms with van der Waals surface area (Å²) in [7, 11) is 0. The van der Waals surface area contributed by atoms with E-state index in [0.717, 1.165) is 0 Å². The minimum atomic E-state index is -0.906. The van der Waals surface area contributed by atoms with Gasteiger partial charge in [0.1, 0.15) is 12.7 Å². The molecular weight excluding hydrogens is 340 g/mol. The van der Waals surface area contributed by atoms with Gasteiger partial charge < -0.3 is 20.5 Å². The van der Waals surface area contributed by atoms with Crippen molar-refractivity contribution in [3.63, 3.8) is 0 Å². The molecule has 1 aliphatic rings. The van der Waals surface area contributed by atoms with Gasteiger partial charge in [0.15, 0.2) is 5.78 Å². The predicted octanol–water partition coefficient (Wildman–Crippen LogP) is 1.20. The molecule has 1 heterocycles. The average Bonchev–Trinajstić information content (AvgIpc) is 2.59. The maximum absolute atomic E-state index is 12.4. The van der Waals surface area contributed by atoms with Crippen molar-refractivity contribution in [2.75, 3.05) is 6.61 Å². The van der Waals surface area contributed by atoms with E-state index in [4.69, 9.17) is 15.2 Å². The quantitative estimate of drug-likeness (QED) is 0.311. The van der Waals surface area contributed by atoms with Gasteiger partial charge in [-0.25, -0.2) is 4.79 Å². The summed E-state index contributed by atoms with van der Waals surface area (Å²) in [6.07, 6.45) is -0.260. The van der Waals surface area contributed by atoms with Crippen molar-refractivity contribution in [3.8, 4) is 0 Å². The third-order valence-electron chi connectivity index (χ3n) is 4.05. The van der Waals surface area contributed by atoms with Crippen molar-refractivity contribution in [2.45, 2.75) is 25.5 Å². The summed E-state index contributed by atoms with van der Waals surface area (Å²) >= 11 is 0. The zero-order valence-electron chi connectivity index (χ0n) is 14.3. The summed E-state index contributed by atoms with van der Waals surface area (Å²) in [6.45, 7) is 4.97. The van der Waals surface area contributed by atoms with E-state index in [2.05, 4.69) is 11.9 Å². The zero-order valence-corrected chi connectivity index (χ0v) is 14.3. The number of carbonyl (C=O) groups is 4. The van der Waals surface area contributed by atoms with Crippen LogP contribution in [0.4, 0.5) is 4.79 Å². The number of primary amides is 1. The van der Waals surface area contributed by atoms with Crippen LogP contribution in [0.5, 0.6) is 0 Å². The molecule has 138 valence electrons. The molecule has 1 aromatic rings. The number of carbonyl (C=O) groups excluding carboxylic acids is 4. The number of nitrogens with one attached hydrogen (secondary N) is 1. The number of ether oxygens (including phenoxy) is 2. The maximum Gasteiger partial charge on any atom is 0.508 e. The summed E-state index contributed by atoms with van der Waals surface area (Å²) in [5, 5.41) is 2.63. The number of hydrogen-bond donors (Lipinski definition) is 2. The van der Waals surface area contributed by atoms with E-state index in [-0.39, 0.29) is 30.3 Å². The fraction of sp³-hybridized carbons (Fsp3) is 0.333. The van der Waals surface area contributed by atoms with Crippen molar-refractivity contribution in [3.05, 3.63) is 48.0 Å². The summed E-state index contributed by atoms with van der Waals surface area (Å²) in [4.78, 5) is 46.9. The van der Waals surface area contributed by atoms with Crippen molar-refractivity contribution < 1.29 is 28.7 Å². The van der Waals surface area contributed by atoms with Crippen LogP contribution in [0.3, 0.4) is 0 Å². The number of Topliss-reactive ketones (excluding diaryl/α,β-unsaturated/α-hetero) is 1. The number of β-lactam (4-membered cyclic amide) rings is 1. The van der Waals surface area contributed by atoms with Crippen LogP contribution in [-0.4, -0.2) is 42.5 Å². The number of benzene rings is 1. The monoisotopic (exact) mass is 360 g/mol. The highest BCUT2D eigenvalue weighted by molar-refractivity contribution is 6.01. The van der Waals surface area contributed by atoms with E-state index in [1.807, 2.05) is 0 Å². The number of amides is 2. The maximum atomic E-state index is 12.4. The lowest BCUT2D eigenvalue weighted by molar-refractivity contribution is -0.141. The third-order valence-corrected chi connectivity index (χ3v) is 4.05. The zero-order chi connectivity index (χ0) is 19.3. The van der Waals surface area contributed by atoms with E-state index in [0.29, 0.717) is 5.56 Å². The molecule has 1 saturated heterocycles. The smallest absolute Gasteiger partial charge is 0.430 e. The largest absolute Gasteiger partial charge is 0.508 e. The first-order chi connectivity index (χ1) is 12.3. The molecule has 0 aromatic heterocycles. The Bertz CT molecular complexity index is 745. The van der Waals surface area contributed by atoms with Crippen LogP contribution in [0.1, 0.15) is 34.1 Å². The van der Waals surface area contributed by atoms with Crippen molar-refractivity contribution in [2.24, 2.45) is 11.7 Å². The Morgan fingerprint density at radius 3 is 2.65 bits per heavy atom. The van der Waals surface area contributed by atoms with Crippen LogP contribution in [0.2, 0.25) is 0 Å². The highest BCUT2D eigenvalue weighted by Crippen LogP contribution is 2.25. The standard InChI is InChI=1S/C18H20N2O6/c1-3-7-25-18(24)26-10(2)15-13(20-17(15)23)9-14(21)11-5-4-6-12(8-11)16(19)22/h3-6,8,10,13,15H,1,7,9H2,2H3,(H2,19,22)(H,20,23)/t10-,13-,15-/m1/s1. The second-order valence-corrected chi connectivity index (χ2v) is 5.89. The first-order valence-corrected chi connectivity index (χ1v) is 8.01. The Hall–Kier alpha value is -3.16. The van der Waals surface area contributed by atoms with Gasteiger partial charge in [-0.1, -0.05) is 24.8 Å². The summed E-state index contributed by atoms with van der Waals surface area (Å²) in [6, 6.07) is 5.57. The summed E-state index contributed by atoms with van der Waals surface area (Å²) < 4.78 is 9.77. The van der Waals surface area contributed by atoms with Gasteiger partial charge in [-0.05, 0) is 19.1 Å². The minimum absolute atomic E-state index is 0.000530. The van der Waals surface area contributed by atoms with Crippen LogP contribution in [0.25, 0.3) is 0 Å². The molecule has 0 unspecified atom stereocenters. The highest BCUT2D eigenvalue weighted by atomic mass is 16.7. The van der Waals surface area contributed by atoms with Crippen LogP contribution in [0.15, 0.2) is 36.9 Å². The third kappa shape index (κ3) is 4.47. The first-order valence-electron chi connectivity index (χ1n) is 8.01. The van der Waals surface area contributed by atoms with Crippen molar-refractivity contribution >= 4 is 23.8 Å². The molecule has 2 amide bonds. The molecule has 1 aliphatic heterocycles. The molecule has 8 heteroatoms. The van der Waals surface area contributed by atoms with E-state index < -0.39 is 30.1 Å². The molecule has 0 spiro atoms. The Morgan fingerprint density at radius 1 is 1.35 bits per heavy atom. The molecular formula is C18H20N2O6. The van der Waals surface area contributed by atoms with Gasteiger partial charge in [0.05, 0.1) is 12.0 Å². The molecule has 26 heavy (non-hydrogen) atoms. The van der Waals surface area contributed by atoms with Crippen LogP contribution in [-0.2, 0) is 14.3 Å². The number of rotatable bonds is 8. The SMILES string of the molecule is C=CCOC(=O)O[C@H](C)[C@H]1C(=O)N[C@@H]1CC(=O)c1cccc(C(N)=O)c1. The van der Waals surface area contributed by atoms with Crippen molar-refractivity contribution in [1.29, 1.82) is 0 Å². The molecule has 3 atom stereocenters.